The number of methoxy groups -OCH3 is 2. The van der Waals surface area contributed by atoms with E-state index in [9.17, 15) is 4.79 Å². The fraction of sp³-hybridized carbons (Fsp3) is 0.167. The van der Waals surface area contributed by atoms with Gasteiger partial charge < -0.3 is 9.47 Å². The molecule has 0 spiro atoms. The molecule has 0 radical (unpaired) electrons. The van der Waals surface area contributed by atoms with E-state index in [1.165, 1.54) is 11.3 Å². The molecule has 3 rings (SSSR count). The lowest BCUT2D eigenvalue weighted by molar-refractivity contribution is 0.102. The number of carbonyl (C=O) groups is 1. The van der Waals surface area contributed by atoms with Gasteiger partial charge in [0.15, 0.2) is 0 Å². The molecular weight excluding hydrogens is 338 g/mol. The van der Waals surface area contributed by atoms with Crippen LogP contribution in [0.25, 0.3) is 0 Å². The summed E-state index contributed by atoms with van der Waals surface area (Å²) in [6.07, 6.45) is 0.653. The molecule has 0 aliphatic rings. The fourth-order valence-electron chi connectivity index (χ4n) is 2.21. The number of rotatable bonds is 6. The number of hydrogen-bond acceptors (Lipinski definition) is 6. The highest BCUT2D eigenvalue weighted by molar-refractivity contribution is 7.15. The molecule has 1 N–H and O–H groups in total. The number of amides is 1. The molecule has 25 heavy (non-hydrogen) atoms. The maximum Gasteiger partial charge on any atom is 0.257 e. The zero-order valence-electron chi connectivity index (χ0n) is 13.9. The van der Waals surface area contributed by atoms with Crippen molar-refractivity contribution < 1.29 is 14.3 Å². The Morgan fingerprint density at radius 3 is 2.16 bits per heavy atom. The monoisotopic (exact) mass is 355 g/mol. The van der Waals surface area contributed by atoms with E-state index in [-0.39, 0.29) is 5.91 Å². The molecule has 6 nitrogen and oxygen atoms in total. The molecule has 128 valence electrons. The van der Waals surface area contributed by atoms with E-state index < -0.39 is 0 Å². The van der Waals surface area contributed by atoms with Crippen LogP contribution in [-0.2, 0) is 6.42 Å². The average molecular weight is 355 g/mol. The van der Waals surface area contributed by atoms with E-state index >= 15 is 0 Å². The quantitative estimate of drug-likeness (QED) is 0.734. The summed E-state index contributed by atoms with van der Waals surface area (Å²) in [7, 11) is 3.22. The summed E-state index contributed by atoms with van der Waals surface area (Å²) in [5.41, 5.74) is 1.64. The average Bonchev–Trinajstić information content (AvgIpc) is 3.09. The Balaban J connectivity index is 1.63. The van der Waals surface area contributed by atoms with Crippen molar-refractivity contribution in [2.75, 3.05) is 19.5 Å². The number of nitrogens with one attached hydrogen (secondary N) is 1. The lowest BCUT2D eigenvalue weighted by atomic mass is 10.1. The van der Waals surface area contributed by atoms with E-state index in [2.05, 4.69) is 15.5 Å². The minimum atomic E-state index is -0.227. The van der Waals surface area contributed by atoms with Gasteiger partial charge in [-0.05, 0) is 42.0 Å². The molecule has 3 aromatic rings. The standard InChI is InChI=1S/C18H17N3O3S/c1-23-14-7-3-12(4-8-14)11-16-20-21-18(25-16)19-17(22)13-5-9-15(24-2)10-6-13/h3-10H,11H2,1-2H3,(H,19,21,22). The van der Waals surface area contributed by atoms with E-state index in [1.54, 1.807) is 38.5 Å². The van der Waals surface area contributed by atoms with Gasteiger partial charge in [-0.15, -0.1) is 10.2 Å². The van der Waals surface area contributed by atoms with Crippen molar-refractivity contribution in [1.82, 2.24) is 10.2 Å². The Morgan fingerprint density at radius 2 is 1.56 bits per heavy atom. The molecule has 1 amide bonds. The molecule has 0 bridgehead atoms. The summed E-state index contributed by atoms with van der Waals surface area (Å²) in [5, 5.41) is 12.2. The number of ether oxygens (including phenoxy) is 2. The van der Waals surface area contributed by atoms with Gasteiger partial charge in [-0.1, -0.05) is 23.5 Å². The van der Waals surface area contributed by atoms with Crippen LogP contribution in [0.5, 0.6) is 11.5 Å². The van der Waals surface area contributed by atoms with E-state index in [1.807, 2.05) is 24.3 Å². The molecule has 1 aromatic heterocycles. The van der Waals surface area contributed by atoms with Crippen molar-refractivity contribution in [2.45, 2.75) is 6.42 Å². The second kappa shape index (κ2) is 7.76. The molecule has 0 atom stereocenters. The van der Waals surface area contributed by atoms with Gasteiger partial charge in [0.25, 0.3) is 5.91 Å². The van der Waals surface area contributed by atoms with Crippen molar-refractivity contribution in [2.24, 2.45) is 0 Å². The molecule has 7 heteroatoms. The third-order valence-corrected chi connectivity index (χ3v) is 4.39. The molecule has 0 unspecified atom stereocenters. The van der Waals surface area contributed by atoms with Crippen molar-refractivity contribution >= 4 is 22.4 Å². The number of nitrogens with zero attached hydrogens (tertiary/aromatic N) is 2. The molecular formula is C18H17N3O3S. The van der Waals surface area contributed by atoms with Crippen LogP contribution in [-0.4, -0.2) is 30.3 Å². The summed E-state index contributed by atoms with van der Waals surface area (Å²) in [5.74, 6) is 1.29. The van der Waals surface area contributed by atoms with Gasteiger partial charge in [0.2, 0.25) is 5.13 Å². The van der Waals surface area contributed by atoms with Gasteiger partial charge in [-0.2, -0.15) is 0 Å². The van der Waals surface area contributed by atoms with E-state index in [4.69, 9.17) is 9.47 Å². The second-order valence-corrected chi connectivity index (χ2v) is 6.27. The van der Waals surface area contributed by atoms with Gasteiger partial charge in [-0.3, -0.25) is 10.1 Å². The van der Waals surface area contributed by atoms with Crippen LogP contribution in [0.2, 0.25) is 0 Å². The smallest absolute Gasteiger partial charge is 0.257 e. The van der Waals surface area contributed by atoms with Gasteiger partial charge in [0.1, 0.15) is 16.5 Å². The molecule has 1 heterocycles. The van der Waals surface area contributed by atoms with Crippen LogP contribution in [0.4, 0.5) is 5.13 Å². The van der Waals surface area contributed by atoms with Crippen molar-refractivity contribution in [3.05, 3.63) is 64.7 Å². The van der Waals surface area contributed by atoms with Crippen LogP contribution in [0.15, 0.2) is 48.5 Å². The Labute approximate surface area is 149 Å². The van der Waals surface area contributed by atoms with Crippen LogP contribution in [0.3, 0.4) is 0 Å². The van der Waals surface area contributed by atoms with Gasteiger partial charge in [0, 0.05) is 12.0 Å². The predicted molar refractivity (Wildman–Crippen MR) is 96.7 cm³/mol. The number of carbonyl (C=O) groups excluding carboxylic acids is 1. The van der Waals surface area contributed by atoms with Gasteiger partial charge >= 0.3 is 0 Å². The Hall–Kier alpha value is -2.93. The molecule has 0 aliphatic carbocycles. The van der Waals surface area contributed by atoms with Crippen molar-refractivity contribution in [1.29, 1.82) is 0 Å². The van der Waals surface area contributed by atoms with Crippen LogP contribution >= 0.6 is 11.3 Å². The van der Waals surface area contributed by atoms with Gasteiger partial charge in [-0.25, -0.2) is 0 Å². The highest BCUT2D eigenvalue weighted by atomic mass is 32.1. The highest BCUT2D eigenvalue weighted by Gasteiger charge is 2.11. The number of anilines is 1. The molecule has 0 fully saturated rings. The molecule has 0 aliphatic heterocycles. The fourth-order valence-corrected chi connectivity index (χ4v) is 2.97. The first-order valence-electron chi connectivity index (χ1n) is 7.58. The minimum Gasteiger partial charge on any atom is -0.497 e. The molecule has 2 aromatic carbocycles. The molecule has 0 saturated carbocycles. The largest absolute Gasteiger partial charge is 0.497 e. The third kappa shape index (κ3) is 4.33. The zero-order chi connectivity index (χ0) is 17.6. The van der Waals surface area contributed by atoms with E-state index in [0.717, 1.165) is 16.3 Å². The topological polar surface area (TPSA) is 73.3 Å². The summed E-state index contributed by atoms with van der Waals surface area (Å²) in [4.78, 5) is 12.2. The Morgan fingerprint density at radius 1 is 0.960 bits per heavy atom. The summed E-state index contributed by atoms with van der Waals surface area (Å²) in [6.45, 7) is 0. The Kier molecular flexibility index (Phi) is 5.25. The number of benzene rings is 2. The summed E-state index contributed by atoms with van der Waals surface area (Å²) < 4.78 is 10.2. The normalized spacial score (nSPS) is 10.3. The maximum absolute atomic E-state index is 12.2. The summed E-state index contributed by atoms with van der Waals surface area (Å²) in [6, 6.07) is 14.7. The van der Waals surface area contributed by atoms with Crippen LogP contribution in [0, 0.1) is 0 Å². The summed E-state index contributed by atoms with van der Waals surface area (Å²) >= 11 is 1.36. The Bertz CT molecular complexity index is 845. The molecule has 0 saturated heterocycles. The lowest BCUT2D eigenvalue weighted by Crippen LogP contribution is -2.11. The van der Waals surface area contributed by atoms with E-state index in [0.29, 0.717) is 22.9 Å². The first-order valence-corrected chi connectivity index (χ1v) is 8.40. The van der Waals surface area contributed by atoms with Crippen LogP contribution in [0.1, 0.15) is 20.9 Å². The predicted octanol–water partition coefficient (Wildman–Crippen LogP) is 3.40. The SMILES string of the molecule is COc1ccc(Cc2nnc(NC(=O)c3ccc(OC)cc3)s2)cc1. The number of aromatic nitrogens is 2. The van der Waals surface area contributed by atoms with Crippen molar-refractivity contribution in [3.63, 3.8) is 0 Å². The second-order valence-electron chi connectivity index (χ2n) is 5.21. The maximum atomic E-state index is 12.2. The third-order valence-electron chi connectivity index (χ3n) is 3.55. The number of hydrogen-bond donors (Lipinski definition) is 1. The van der Waals surface area contributed by atoms with Gasteiger partial charge in [0.05, 0.1) is 14.2 Å². The van der Waals surface area contributed by atoms with Crippen molar-refractivity contribution in [3.8, 4) is 11.5 Å². The first kappa shape index (κ1) is 16.9. The first-order chi connectivity index (χ1) is 12.2. The lowest BCUT2D eigenvalue weighted by Gasteiger charge is -2.03. The van der Waals surface area contributed by atoms with Crippen LogP contribution < -0.4 is 14.8 Å². The zero-order valence-corrected chi connectivity index (χ0v) is 14.7. The highest BCUT2D eigenvalue weighted by Crippen LogP contribution is 2.21. The minimum absolute atomic E-state index is 0.227.